The zero-order chi connectivity index (χ0) is 18.2. The molecule has 1 aliphatic rings. The van der Waals surface area contributed by atoms with Gasteiger partial charge >= 0.3 is 0 Å². The normalized spacial score (nSPS) is 20.1. The molecule has 1 aromatic carbocycles. The molecule has 2 N–H and O–H groups in total. The summed E-state index contributed by atoms with van der Waals surface area (Å²) in [6, 6.07) is 7.28. The Labute approximate surface area is 151 Å². The number of rotatable bonds is 7. The Bertz CT molecular complexity index is 582. The Morgan fingerprint density at radius 3 is 2.52 bits per heavy atom. The molecule has 1 aromatic rings. The number of carbonyl (C=O) groups is 2. The summed E-state index contributed by atoms with van der Waals surface area (Å²) >= 11 is 0. The van der Waals surface area contributed by atoms with Gasteiger partial charge in [-0.15, -0.1) is 0 Å². The van der Waals surface area contributed by atoms with Gasteiger partial charge in [-0.25, -0.2) is 0 Å². The molecule has 0 aliphatic carbocycles. The Morgan fingerprint density at radius 1 is 1.20 bits per heavy atom. The highest BCUT2D eigenvalue weighted by atomic mass is 16.2. The molecule has 2 unspecified atom stereocenters. The number of hydrogen-bond acceptors (Lipinski definition) is 3. The first-order chi connectivity index (χ1) is 12.1. The zero-order valence-electron chi connectivity index (χ0n) is 15.7. The summed E-state index contributed by atoms with van der Waals surface area (Å²) in [5.74, 6) is 0.326. The quantitative estimate of drug-likeness (QED) is 0.799. The first-order valence-electron chi connectivity index (χ1n) is 9.47. The molecule has 0 bridgehead atoms. The summed E-state index contributed by atoms with van der Waals surface area (Å²) < 4.78 is 0. The third-order valence-electron chi connectivity index (χ3n) is 4.75. The van der Waals surface area contributed by atoms with Gasteiger partial charge in [0.15, 0.2) is 0 Å². The molecule has 1 heterocycles. The van der Waals surface area contributed by atoms with Gasteiger partial charge in [-0.1, -0.05) is 26.8 Å². The minimum atomic E-state index is -0.0917. The van der Waals surface area contributed by atoms with Gasteiger partial charge in [-0.3, -0.25) is 9.59 Å². The van der Waals surface area contributed by atoms with E-state index in [1.165, 1.54) is 0 Å². The largest absolute Gasteiger partial charge is 0.349 e. The molecule has 5 heteroatoms. The Hall–Kier alpha value is -1.88. The molecule has 0 spiro atoms. The van der Waals surface area contributed by atoms with E-state index in [4.69, 9.17) is 0 Å². The van der Waals surface area contributed by atoms with E-state index in [0.29, 0.717) is 17.0 Å². The van der Waals surface area contributed by atoms with Crippen LogP contribution in [0.5, 0.6) is 0 Å². The van der Waals surface area contributed by atoms with Crippen LogP contribution in [0.2, 0.25) is 0 Å². The average Bonchev–Trinajstić information content (AvgIpc) is 2.63. The summed E-state index contributed by atoms with van der Waals surface area (Å²) in [5.41, 5.74) is 1.15. The fourth-order valence-corrected chi connectivity index (χ4v) is 3.31. The van der Waals surface area contributed by atoms with Crippen LogP contribution in [0.3, 0.4) is 0 Å². The van der Waals surface area contributed by atoms with Gasteiger partial charge in [-0.2, -0.15) is 0 Å². The van der Waals surface area contributed by atoms with E-state index in [2.05, 4.69) is 31.4 Å². The number of piperidine rings is 1. The fourth-order valence-electron chi connectivity index (χ4n) is 3.31. The standard InChI is InChI=1S/C20H31N3O2/c1-4-11-23(12-5-2)20(25)17-8-6-7-16(13-17)19(24)22-18-9-10-21-14-15(18)3/h6-8,13,15,18,21H,4-5,9-12,14H2,1-3H3,(H,22,24). The van der Waals surface area contributed by atoms with Gasteiger partial charge in [0, 0.05) is 30.3 Å². The van der Waals surface area contributed by atoms with E-state index < -0.39 is 0 Å². The van der Waals surface area contributed by atoms with Crippen molar-refractivity contribution in [2.45, 2.75) is 46.1 Å². The van der Waals surface area contributed by atoms with E-state index in [0.717, 1.165) is 45.4 Å². The van der Waals surface area contributed by atoms with Crippen LogP contribution in [0.1, 0.15) is 60.7 Å². The van der Waals surface area contributed by atoms with Gasteiger partial charge in [0.25, 0.3) is 11.8 Å². The Morgan fingerprint density at radius 2 is 1.88 bits per heavy atom. The number of carbonyl (C=O) groups excluding carboxylic acids is 2. The molecule has 2 atom stereocenters. The highest BCUT2D eigenvalue weighted by Crippen LogP contribution is 2.13. The molecule has 1 fully saturated rings. The van der Waals surface area contributed by atoms with Crippen LogP contribution in [0.25, 0.3) is 0 Å². The lowest BCUT2D eigenvalue weighted by atomic mass is 9.95. The molecular weight excluding hydrogens is 314 g/mol. The number of benzene rings is 1. The van der Waals surface area contributed by atoms with Crippen molar-refractivity contribution in [2.75, 3.05) is 26.2 Å². The van der Waals surface area contributed by atoms with Crippen molar-refractivity contribution in [2.24, 2.45) is 5.92 Å². The van der Waals surface area contributed by atoms with Crippen LogP contribution in [-0.4, -0.2) is 48.9 Å². The number of nitrogens with zero attached hydrogens (tertiary/aromatic N) is 1. The topological polar surface area (TPSA) is 61.4 Å². The summed E-state index contributed by atoms with van der Waals surface area (Å²) in [4.78, 5) is 27.2. The van der Waals surface area contributed by atoms with Gasteiger partial charge < -0.3 is 15.5 Å². The molecule has 5 nitrogen and oxygen atoms in total. The predicted octanol–water partition coefficient (Wildman–Crippen LogP) is 2.68. The van der Waals surface area contributed by atoms with Crippen molar-refractivity contribution >= 4 is 11.8 Å². The van der Waals surface area contributed by atoms with Crippen LogP contribution in [0, 0.1) is 5.92 Å². The van der Waals surface area contributed by atoms with Gasteiger partial charge in [0.1, 0.15) is 0 Å². The van der Waals surface area contributed by atoms with Crippen LogP contribution in [0.15, 0.2) is 24.3 Å². The average molecular weight is 345 g/mol. The van der Waals surface area contributed by atoms with E-state index in [9.17, 15) is 9.59 Å². The molecule has 138 valence electrons. The third-order valence-corrected chi connectivity index (χ3v) is 4.75. The van der Waals surface area contributed by atoms with Crippen LogP contribution < -0.4 is 10.6 Å². The van der Waals surface area contributed by atoms with Crippen molar-refractivity contribution in [1.82, 2.24) is 15.5 Å². The second kappa shape index (κ2) is 9.56. The summed E-state index contributed by atoms with van der Waals surface area (Å²) in [7, 11) is 0. The third kappa shape index (κ3) is 5.30. The minimum Gasteiger partial charge on any atom is -0.349 e. The lowest BCUT2D eigenvalue weighted by Crippen LogP contribution is -2.48. The second-order valence-corrected chi connectivity index (χ2v) is 6.92. The molecule has 1 saturated heterocycles. The number of hydrogen-bond donors (Lipinski definition) is 2. The summed E-state index contributed by atoms with van der Waals surface area (Å²) in [5, 5.41) is 6.46. The minimum absolute atomic E-state index is 0.00795. The molecule has 1 aliphatic heterocycles. The van der Waals surface area contributed by atoms with E-state index in [1.54, 1.807) is 24.3 Å². The SMILES string of the molecule is CCCN(CCC)C(=O)c1cccc(C(=O)NC2CCNCC2C)c1. The number of nitrogens with one attached hydrogen (secondary N) is 2. The zero-order valence-corrected chi connectivity index (χ0v) is 15.7. The maximum Gasteiger partial charge on any atom is 0.253 e. The number of amides is 2. The van der Waals surface area contributed by atoms with Gasteiger partial charge in [0.05, 0.1) is 0 Å². The maximum absolute atomic E-state index is 12.7. The Kier molecular flexibility index (Phi) is 7.44. The second-order valence-electron chi connectivity index (χ2n) is 6.92. The van der Waals surface area contributed by atoms with Crippen LogP contribution >= 0.6 is 0 Å². The predicted molar refractivity (Wildman–Crippen MR) is 101 cm³/mol. The van der Waals surface area contributed by atoms with E-state index in [-0.39, 0.29) is 17.9 Å². The maximum atomic E-state index is 12.7. The van der Waals surface area contributed by atoms with Crippen molar-refractivity contribution in [1.29, 1.82) is 0 Å². The van der Waals surface area contributed by atoms with Crippen molar-refractivity contribution in [3.05, 3.63) is 35.4 Å². The first kappa shape index (κ1) is 19.4. The molecule has 25 heavy (non-hydrogen) atoms. The Balaban J connectivity index is 2.08. The monoisotopic (exact) mass is 345 g/mol. The molecule has 2 amide bonds. The fraction of sp³-hybridized carbons (Fsp3) is 0.600. The van der Waals surface area contributed by atoms with Crippen LogP contribution in [0.4, 0.5) is 0 Å². The molecule has 0 saturated carbocycles. The van der Waals surface area contributed by atoms with Crippen molar-refractivity contribution in [3.8, 4) is 0 Å². The lowest BCUT2D eigenvalue weighted by molar-refractivity contribution is 0.0755. The summed E-state index contributed by atoms with van der Waals surface area (Å²) in [6.45, 7) is 9.62. The van der Waals surface area contributed by atoms with Crippen molar-refractivity contribution < 1.29 is 9.59 Å². The van der Waals surface area contributed by atoms with Crippen LogP contribution in [-0.2, 0) is 0 Å². The van der Waals surface area contributed by atoms with E-state index >= 15 is 0 Å². The first-order valence-corrected chi connectivity index (χ1v) is 9.47. The highest BCUT2D eigenvalue weighted by Gasteiger charge is 2.23. The smallest absolute Gasteiger partial charge is 0.253 e. The van der Waals surface area contributed by atoms with E-state index in [1.807, 2.05) is 4.90 Å². The van der Waals surface area contributed by atoms with Gasteiger partial charge in [0.2, 0.25) is 0 Å². The van der Waals surface area contributed by atoms with Gasteiger partial charge in [-0.05, 0) is 56.5 Å². The molecule has 2 rings (SSSR count). The molecule has 0 radical (unpaired) electrons. The lowest BCUT2D eigenvalue weighted by Gasteiger charge is -2.30. The molecular formula is C20H31N3O2. The summed E-state index contributed by atoms with van der Waals surface area (Å²) in [6.07, 6.45) is 2.80. The highest BCUT2D eigenvalue weighted by molar-refractivity contribution is 5.99. The van der Waals surface area contributed by atoms with Crippen molar-refractivity contribution in [3.63, 3.8) is 0 Å². The molecule has 0 aromatic heterocycles.